The zero-order valence-corrected chi connectivity index (χ0v) is 15.3. The Bertz CT molecular complexity index is 662. The molecule has 3 fully saturated rings. The molecule has 0 spiro atoms. The lowest BCUT2D eigenvalue weighted by atomic mass is 9.94. The zero-order valence-electron chi connectivity index (χ0n) is 14.5. The van der Waals surface area contributed by atoms with Crippen LogP contribution < -0.4 is 0 Å². The van der Waals surface area contributed by atoms with Crippen molar-refractivity contribution in [3.63, 3.8) is 0 Å². The van der Waals surface area contributed by atoms with Gasteiger partial charge in [0.25, 0.3) is 0 Å². The molecule has 0 radical (unpaired) electrons. The van der Waals surface area contributed by atoms with Crippen molar-refractivity contribution < 1.29 is 14.0 Å². The predicted molar refractivity (Wildman–Crippen MR) is 94.0 cm³/mol. The summed E-state index contributed by atoms with van der Waals surface area (Å²) in [4.78, 5) is 30.3. The molecule has 0 aromatic heterocycles. The molecule has 3 aliphatic rings. The Balaban J connectivity index is 1.75. The minimum atomic E-state index is -0.453. The summed E-state index contributed by atoms with van der Waals surface area (Å²) >= 11 is 6.05. The number of carbonyl (C=O) groups is 2. The van der Waals surface area contributed by atoms with E-state index in [1.165, 1.54) is 12.1 Å². The molecule has 0 unspecified atom stereocenters. The first-order chi connectivity index (χ1) is 11.9. The number of halogens is 2. The van der Waals surface area contributed by atoms with Crippen molar-refractivity contribution in [2.75, 3.05) is 33.7 Å². The number of urea groups is 1. The Morgan fingerprint density at radius 1 is 1.24 bits per heavy atom. The van der Waals surface area contributed by atoms with Gasteiger partial charge in [-0.25, -0.2) is 9.18 Å². The largest absolute Gasteiger partial charge is 0.337 e. The van der Waals surface area contributed by atoms with Crippen LogP contribution in [-0.2, 0) is 11.2 Å². The van der Waals surface area contributed by atoms with Gasteiger partial charge in [0, 0.05) is 50.4 Å². The molecule has 3 heterocycles. The molecule has 0 saturated carbocycles. The van der Waals surface area contributed by atoms with Gasteiger partial charge in [-0.05, 0) is 30.9 Å². The highest BCUT2D eigenvalue weighted by atomic mass is 35.5. The number of fused-ring (bicyclic) bond motifs is 4. The highest BCUT2D eigenvalue weighted by molar-refractivity contribution is 6.31. The number of nitrogens with zero attached hydrogens (tertiary/aromatic N) is 3. The summed E-state index contributed by atoms with van der Waals surface area (Å²) in [5.74, 6) is -0.311. The van der Waals surface area contributed by atoms with E-state index in [9.17, 15) is 14.0 Å². The van der Waals surface area contributed by atoms with Gasteiger partial charge in [-0.2, -0.15) is 0 Å². The number of piperidine rings is 1. The van der Waals surface area contributed by atoms with Crippen molar-refractivity contribution in [3.8, 4) is 0 Å². The van der Waals surface area contributed by atoms with E-state index in [0.29, 0.717) is 19.6 Å². The molecule has 1 aromatic carbocycles. The maximum atomic E-state index is 14.0. The molecule has 25 heavy (non-hydrogen) atoms. The average Bonchev–Trinajstić information content (AvgIpc) is 2.89. The first kappa shape index (κ1) is 18.0. The summed E-state index contributed by atoms with van der Waals surface area (Å²) in [7, 11) is 3.47. The number of carbonyl (C=O) groups excluding carboxylic acids is 2. The predicted octanol–water partition coefficient (Wildman–Crippen LogP) is 2.63. The van der Waals surface area contributed by atoms with Crippen LogP contribution in [0.5, 0.6) is 0 Å². The van der Waals surface area contributed by atoms with Crippen LogP contribution in [0.1, 0.15) is 18.4 Å². The summed E-state index contributed by atoms with van der Waals surface area (Å²) < 4.78 is 14.0. The Labute approximate surface area is 152 Å². The summed E-state index contributed by atoms with van der Waals surface area (Å²) in [6.45, 7) is 1.81. The fourth-order valence-electron chi connectivity index (χ4n) is 3.78. The minimum absolute atomic E-state index is 0.0132. The third-order valence-electron chi connectivity index (χ3n) is 5.08. The van der Waals surface area contributed by atoms with E-state index in [0.717, 1.165) is 12.8 Å². The van der Waals surface area contributed by atoms with E-state index in [4.69, 9.17) is 11.6 Å². The molecule has 0 aliphatic carbocycles. The normalized spacial score (nSPS) is 22.7. The number of hydrogen-bond acceptors (Lipinski definition) is 2. The molecule has 0 N–H and O–H groups in total. The van der Waals surface area contributed by atoms with E-state index in [1.807, 2.05) is 9.80 Å². The number of hydrogen-bond donors (Lipinski definition) is 0. The minimum Gasteiger partial charge on any atom is -0.337 e. The molecule has 7 heteroatoms. The molecule has 4 rings (SSSR count). The highest BCUT2D eigenvalue weighted by Crippen LogP contribution is 2.30. The number of rotatable bonds is 2. The monoisotopic (exact) mass is 367 g/mol. The number of benzene rings is 1. The average molecular weight is 368 g/mol. The van der Waals surface area contributed by atoms with Gasteiger partial charge >= 0.3 is 6.03 Å². The van der Waals surface area contributed by atoms with Crippen LogP contribution >= 0.6 is 11.6 Å². The fraction of sp³-hybridized carbons (Fsp3) is 0.556. The molecule has 136 valence electrons. The number of amides is 3. The van der Waals surface area contributed by atoms with Crippen LogP contribution in [0.3, 0.4) is 0 Å². The summed E-state index contributed by atoms with van der Waals surface area (Å²) in [6.07, 6.45) is 1.83. The van der Waals surface area contributed by atoms with Crippen molar-refractivity contribution in [2.24, 2.45) is 5.92 Å². The van der Waals surface area contributed by atoms with Gasteiger partial charge in [0.1, 0.15) is 5.82 Å². The quantitative estimate of drug-likeness (QED) is 0.806. The van der Waals surface area contributed by atoms with Crippen LogP contribution in [0.25, 0.3) is 0 Å². The van der Waals surface area contributed by atoms with Gasteiger partial charge in [-0.1, -0.05) is 17.7 Å². The Hall–Kier alpha value is -1.82. The van der Waals surface area contributed by atoms with E-state index >= 15 is 0 Å². The van der Waals surface area contributed by atoms with Gasteiger partial charge in [0.2, 0.25) is 5.91 Å². The first-order valence-electron chi connectivity index (χ1n) is 8.55. The van der Waals surface area contributed by atoms with Gasteiger partial charge in [0.15, 0.2) is 0 Å². The molecule has 3 saturated heterocycles. The molecular weight excluding hydrogens is 345 g/mol. The highest BCUT2D eigenvalue weighted by Gasteiger charge is 2.39. The Morgan fingerprint density at radius 2 is 2.00 bits per heavy atom. The fourth-order valence-corrected chi connectivity index (χ4v) is 4.01. The summed E-state index contributed by atoms with van der Waals surface area (Å²) in [5, 5.41) is 0.276. The Kier molecular flexibility index (Phi) is 5.18. The molecule has 3 aliphatic heterocycles. The second-order valence-electron chi connectivity index (χ2n) is 7.10. The van der Waals surface area contributed by atoms with Crippen LogP contribution in [0.4, 0.5) is 9.18 Å². The lowest BCUT2D eigenvalue weighted by molar-refractivity contribution is -0.134. The van der Waals surface area contributed by atoms with Crippen molar-refractivity contribution >= 4 is 23.5 Å². The van der Waals surface area contributed by atoms with E-state index in [1.54, 1.807) is 25.1 Å². The van der Waals surface area contributed by atoms with Gasteiger partial charge in [-0.3, -0.25) is 4.79 Å². The first-order valence-corrected chi connectivity index (χ1v) is 8.93. The van der Waals surface area contributed by atoms with E-state index in [2.05, 4.69) is 0 Å². The third kappa shape index (κ3) is 3.73. The molecule has 2 bridgehead atoms. The van der Waals surface area contributed by atoms with Gasteiger partial charge in [0.05, 0.1) is 6.42 Å². The van der Waals surface area contributed by atoms with Crippen LogP contribution in [0, 0.1) is 11.7 Å². The topological polar surface area (TPSA) is 43.9 Å². The van der Waals surface area contributed by atoms with E-state index < -0.39 is 5.82 Å². The van der Waals surface area contributed by atoms with Crippen LogP contribution in [-0.4, -0.2) is 66.4 Å². The third-order valence-corrected chi connectivity index (χ3v) is 5.43. The maximum absolute atomic E-state index is 14.0. The maximum Gasteiger partial charge on any atom is 0.319 e. The second kappa shape index (κ2) is 7.20. The smallest absolute Gasteiger partial charge is 0.319 e. The molecule has 1 aromatic rings. The lowest BCUT2D eigenvalue weighted by Crippen LogP contribution is -2.49. The van der Waals surface area contributed by atoms with Crippen LogP contribution in [0.15, 0.2) is 18.2 Å². The molecule has 2 atom stereocenters. The summed E-state index contributed by atoms with van der Waals surface area (Å²) in [6, 6.07) is 4.41. The molecule has 5 nitrogen and oxygen atoms in total. The van der Waals surface area contributed by atoms with Gasteiger partial charge < -0.3 is 14.7 Å². The van der Waals surface area contributed by atoms with Crippen LogP contribution in [0.2, 0.25) is 5.02 Å². The van der Waals surface area contributed by atoms with Gasteiger partial charge in [-0.15, -0.1) is 0 Å². The second-order valence-corrected chi connectivity index (χ2v) is 7.51. The standard InChI is InChI=1S/C18H23ClFN3O2/c1-21(2)18(25)22-9-12-6-7-13(11-22)23(10-12)17(24)8-14-15(19)4-3-5-16(14)20/h3-5,12-13H,6-11H2,1-2H3/t12-,13+/m0/s1. The van der Waals surface area contributed by atoms with Crippen molar-refractivity contribution in [2.45, 2.75) is 25.3 Å². The SMILES string of the molecule is CN(C)C(=O)N1C[C@@H]2CC[C@H](C1)N(C(=O)Cc1c(F)cccc1Cl)C2. The Morgan fingerprint density at radius 3 is 2.68 bits per heavy atom. The lowest BCUT2D eigenvalue weighted by Gasteiger charge is -2.36. The zero-order chi connectivity index (χ0) is 18.1. The van der Waals surface area contributed by atoms with Crippen molar-refractivity contribution in [3.05, 3.63) is 34.6 Å². The van der Waals surface area contributed by atoms with E-state index in [-0.39, 0.29) is 40.9 Å². The summed E-state index contributed by atoms with van der Waals surface area (Å²) in [5.41, 5.74) is 0.246. The molecule has 3 amide bonds. The van der Waals surface area contributed by atoms with Crippen molar-refractivity contribution in [1.82, 2.24) is 14.7 Å². The molecular formula is C18H23ClFN3O2. The van der Waals surface area contributed by atoms with Crippen molar-refractivity contribution in [1.29, 1.82) is 0 Å².